The van der Waals surface area contributed by atoms with Crippen molar-refractivity contribution in [3.63, 3.8) is 0 Å². The molecule has 0 saturated carbocycles. The molecular weight excluding hydrogens is 518 g/mol. The predicted octanol–water partition coefficient (Wildman–Crippen LogP) is 4.09. The van der Waals surface area contributed by atoms with Gasteiger partial charge in [0.05, 0.1) is 9.80 Å². The Morgan fingerprint density at radius 1 is 1.18 bits per heavy atom. The monoisotopic (exact) mass is 539 g/mol. The Bertz CT molecular complexity index is 1250. The third-order valence-corrected chi connectivity index (χ3v) is 7.44. The number of phenols is 1. The number of amides is 2. The van der Waals surface area contributed by atoms with Gasteiger partial charge in [-0.05, 0) is 61.4 Å². The molecular formula is C22H22ClN3O5S3. The van der Waals surface area contributed by atoms with Gasteiger partial charge in [-0.15, -0.1) is 0 Å². The molecule has 12 heteroatoms. The van der Waals surface area contributed by atoms with E-state index in [4.69, 9.17) is 29.0 Å². The van der Waals surface area contributed by atoms with Crippen LogP contribution in [0.15, 0.2) is 52.3 Å². The van der Waals surface area contributed by atoms with Crippen molar-refractivity contribution < 1.29 is 23.1 Å². The van der Waals surface area contributed by atoms with Gasteiger partial charge in [-0.3, -0.25) is 14.5 Å². The summed E-state index contributed by atoms with van der Waals surface area (Å²) < 4.78 is 23.0. The number of hydrogen-bond acceptors (Lipinski definition) is 7. The van der Waals surface area contributed by atoms with E-state index in [2.05, 4.69) is 5.32 Å². The van der Waals surface area contributed by atoms with Gasteiger partial charge in [-0.1, -0.05) is 42.0 Å². The molecule has 1 aliphatic rings. The number of nitrogens with one attached hydrogen (secondary N) is 1. The van der Waals surface area contributed by atoms with Crippen LogP contribution in [0.3, 0.4) is 0 Å². The molecule has 1 saturated heterocycles. The van der Waals surface area contributed by atoms with Crippen molar-refractivity contribution in [2.75, 3.05) is 11.9 Å². The molecule has 1 aliphatic heterocycles. The first-order valence-corrected chi connectivity index (χ1v) is 13.4. The summed E-state index contributed by atoms with van der Waals surface area (Å²) in [6, 6.07) is 10.2. The Morgan fingerprint density at radius 2 is 1.88 bits per heavy atom. The number of hydrogen-bond donors (Lipinski definition) is 3. The summed E-state index contributed by atoms with van der Waals surface area (Å²) in [6.45, 7) is 0.431. The normalized spacial score (nSPS) is 15.2. The number of primary sulfonamides is 1. The molecule has 1 heterocycles. The fourth-order valence-corrected chi connectivity index (χ4v) is 5.15. The number of nitrogens with two attached hydrogens (primary N) is 1. The number of unbranched alkanes of at least 4 members (excludes halogenated alkanes) is 2. The van der Waals surface area contributed by atoms with Crippen LogP contribution in [0.5, 0.6) is 5.75 Å². The number of carbonyl (C=O) groups excluding carboxylic acids is 2. The number of carbonyl (C=O) groups is 2. The molecule has 1 fully saturated rings. The fourth-order valence-electron chi connectivity index (χ4n) is 3.16. The van der Waals surface area contributed by atoms with Gasteiger partial charge in [0.2, 0.25) is 15.9 Å². The van der Waals surface area contributed by atoms with Gasteiger partial charge >= 0.3 is 0 Å². The highest BCUT2D eigenvalue weighted by molar-refractivity contribution is 8.26. The van der Waals surface area contributed by atoms with E-state index >= 15 is 0 Å². The van der Waals surface area contributed by atoms with Crippen molar-refractivity contribution in [2.45, 2.75) is 30.6 Å². The standard InChI is InChI=1S/C22H22ClN3O5S3/c23-15-5-10-18(27)14(12-15)13-19-21(29)26(22(32)33-19)11-3-1-2-4-20(28)25-16-6-8-17(9-7-16)34(24,30)31/h5-10,12-13,27H,1-4,11H2,(H,25,28)(H2,24,30,31)/b19-13-. The molecule has 0 bridgehead atoms. The van der Waals surface area contributed by atoms with E-state index in [9.17, 15) is 23.1 Å². The summed E-state index contributed by atoms with van der Waals surface area (Å²) >= 11 is 12.5. The van der Waals surface area contributed by atoms with Crippen LogP contribution in [-0.2, 0) is 19.6 Å². The van der Waals surface area contributed by atoms with Gasteiger partial charge < -0.3 is 10.4 Å². The fraction of sp³-hybridized carbons (Fsp3) is 0.227. The van der Waals surface area contributed by atoms with E-state index in [1.807, 2.05) is 0 Å². The summed E-state index contributed by atoms with van der Waals surface area (Å²) in [6.07, 6.45) is 3.84. The molecule has 4 N–H and O–H groups in total. The van der Waals surface area contributed by atoms with Crippen molar-refractivity contribution in [1.29, 1.82) is 0 Å². The number of sulfonamides is 1. The lowest BCUT2D eigenvalue weighted by molar-refractivity contribution is -0.122. The molecule has 2 aromatic carbocycles. The summed E-state index contributed by atoms with van der Waals surface area (Å²) in [5.41, 5.74) is 0.922. The highest BCUT2D eigenvalue weighted by Crippen LogP contribution is 2.35. The maximum Gasteiger partial charge on any atom is 0.266 e. The SMILES string of the molecule is NS(=O)(=O)c1ccc(NC(=O)CCCCCN2C(=O)/C(=C/c3cc(Cl)ccc3O)SC2=S)cc1. The molecule has 0 atom stereocenters. The number of rotatable bonds is 9. The smallest absolute Gasteiger partial charge is 0.266 e. The highest BCUT2D eigenvalue weighted by atomic mass is 35.5. The van der Waals surface area contributed by atoms with Gasteiger partial charge in [-0.25, -0.2) is 13.6 Å². The summed E-state index contributed by atoms with van der Waals surface area (Å²) in [7, 11) is -3.78. The van der Waals surface area contributed by atoms with Crippen LogP contribution in [0.1, 0.15) is 31.2 Å². The van der Waals surface area contributed by atoms with Gasteiger partial charge in [-0.2, -0.15) is 0 Å². The third-order valence-electron chi connectivity index (χ3n) is 4.90. The quantitative estimate of drug-likeness (QED) is 0.248. The minimum atomic E-state index is -3.78. The second-order valence-electron chi connectivity index (χ2n) is 7.46. The van der Waals surface area contributed by atoms with Crippen LogP contribution in [0.4, 0.5) is 5.69 Å². The Morgan fingerprint density at radius 3 is 2.56 bits per heavy atom. The van der Waals surface area contributed by atoms with Crippen LogP contribution in [0.2, 0.25) is 5.02 Å². The molecule has 0 aromatic heterocycles. The van der Waals surface area contributed by atoms with Gasteiger partial charge in [0.1, 0.15) is 10.1 Å². The van der Waals surface area contributed by atoms with E-state index in [-0.39, 0.29) is 28.9 Å². The summed E-state index contributed by atoms with van der Waals surface area (Å²) in [5.74, 6) is -0.401. The van der Waals surface area contributed by atoms with Crippen LogP contribution in [0.25, 0.3) is 6.08 Å². The van der Waals surface area contributed by atoms with Crippen molar-refractivity contribution in [1.82, 2.24) is 4.90 Å². The molecule has 2 amide bonds. The van der Waals surface area contributed by atoms with Crippen LogP contribution >= 0.6 is 35.6 Å². The zero-order valence-corrected chi connectivity index (χ0v) is 21.1. The van der Waals surface area contributed by atoms with Crippen LogP contribution < -0.4 is 10.5 Å². The number of aromatic hydroxyl groups is 1. The zero-order chi connectivity index (χ0) is 24.9. The molecule has 8 nitrogen and oxygen atoms in total. The zero-order valence-electron chi connectivity index (χ0n) is 17.9. The van der Waals surface area contributed by atoms with Gasteiger partial charge in [0, 0.05) is 29.2 Å². The first-order chi connectivity index (χ1) is 16.0. The minimum absolute atomic E-state index is 0.0216. The lowest BCUT2D eigenvalue weighted by Crippen LogP contribution is -2.29. The Kier molecular flexibility index (Phi) is 8.72. The molecule has 0 unspecified atom stereocenters. The third kappa shape index (κ3) is 7.03. The molecule has 0 radical (unpaired) electrons. The second-order valence-corrected chi connectivity index (χ2v) is 11.1. The van der Waals surface area contributed by atoms with Crippen molar-refractivity contribution in [2.24, 2.45) is 5.14 Å². The molecule has 0 aliphatic carbocycles. The van der Waals surface area contributed by atoms with E-state index in [0.717, 1.165) is 0 Å². The summed E-state index contributed by atoms with van der Waals surface area (Å²) in [4.78, 5) is 26.7. The highest BCUT2D eigenvalue weighted by Gasteiger charge is 2.31. The van der Waals surface area contributed by atoms with Crippen molar-refractivity contribution in [3.8, 4) is 5.75 Å². The van der Waals surface area contributed by atoms with E-state index < -0.39 is 10.0 Å². The first-order valence-electron chi connectivity index (χ1n) is 10.2. The van der Waals surface area contributed by atoms with Crippen molar-refractivity contribution in [3.05, 3.63) is 58.0 Å². The Hall–Kier alpha value is -2.44. The summed E-state index contributed by atoms with van der Waals surface area (Å²) in [5, 5.41) is 18.2. The Balaban J connectivity index is 1.43. The number of phenolic OH excluding ortho intramolecular Hbond substituents is 1. The number of thiocarbonyl (C=S) groups is 1. The van der Waals surface area contributed by atoms with Crippen LogP contribution in [0, 0.1) is 0 Å². The molecule has 34 heavy (non-hydrogen) atoms. The van der Waals surface area contributed by atoms with E-state index in [1.54, 1.807) is 18.2 Å². The van der Waals surface area contributed by atoms with Crippen molar-refractivity contribution >= 4 is 73.5 Å². The van der Waals surface area contributed by atoms with Gasteiger partial charge in [0.15, 0.2) is 0 Å². The lowest BCUT2D eigenvalue weighted by Gasteiger charge is -2.14. The Labute approximate surface area is 212 Å². The average Bonchev–Trinajstić information content (AvgIpc) is 3.03. The lowest BCUT2D eigenvalue weighted by atomic mass is 10.1. The second kappa shape index (κ2) is 11.3. The first kappa shape index (κ1) is 26.2. The van der Waals surface area contributed by atoms with E-state index in [1.165, 1.54) is 47.0 Å². The number of halogens is 1. The number of thioether (sulfide) groups is 1. The maximum absolute atomic E-state index is 12.7. The topological polar surface area (TPSA) is 130 Å². The van der Waals surface area contributed by atoms with E-state index in [0.29, 0.717) is 51.3 Å². The number of nitrogens with zero attached hydrogens (tertiary/aromatic N) is 1. The number of benzene rings is 2. The van der Waals surface area contributed by atoms with Crippen LogP contribution in [-0.4, -0.2) is 41.1 Å². The maximum atomic E-state index is 12.7. The molecule has 2 aromatic rings. The number of anilines is 1. The molecule has 3 rings (SSSR count). The molecule has 180 valence electrons. The predicted molar refractivity (Wildman–Crippen MR) is 138 cm³/mol. The average molecular weight is 540 g/mol. The van der Waals surface area contributed by atoms with Gasteiger partial charge in [0.25, 0.3) is 5.91 Å². The largest absolute Gasteiger partial charge is 0.507 e. The molecule has 0 spiro atoms. The minimum Gasteiger partial charge on any atom is -0.507 e.